The highest BCUT2D eigenvalue weighted by molar-refractivity contribution is 5.79. The fourth-order valence-corrected chi connectivity index (χ4v) is 3.54. The van der Waals surface area contributed by atoms with Gasteiger partial charge in [0.15, 0.2) is 13.2 Å². The van der Waals surface area contributed by atoms with Crippen LogP contribution in [0.1, 0.15) is 35.1 Å². The molecular formula is C25H32N2O4. The first kappa shape index (κ1) is 22.7. The highest BCUT2D eigenvalue weighted by atomic mass is 16.5. The first-order chi connectivity index (χ1) is 14.8. The van der Waals surface area contributed by atoms with Gasteiger partial charge in [-0.3, -0.25) is 9.59 Å². The number of nitrogens with one attached hydrogen (secondary N) is 1. The van der Waals surface area contributed by atoms with Crippen molar-refractivity contribution in [3.05, 3.63) is 58.7 Å². The van der Waals surface area contributed by atoms with E-state index in [-0.39, 0.29) is 31.1 Å². The van der Waals surface area contributed by atoms with Crippen LogP contribution in [0.3, 0.4) is 0 Å². The lowest BCUT2D eigenvalue weighted by molar-refractivity contribution is -0.134. The summed E-state index contributed by atoms with van der Waals surface area (Å²) in [6.07, 6.45) is 1.45. The van der Waals surface area contributed by atoms with Crippen LogP contribution in [0.2, 0.25) is 0 Å². The van der Waals surface area contributed by atoms with Crippen LogP contribution in [0.5, 0.6) is 11.5 Å². The molecule has 1 aliphatic rings. The fraction of sp³-hybridized carbons (Fsp3) is 0.440. The topological polar surface area (TPSA) is 67.9 Å². The van der Waals surface area contributed by atoms with Crippen LogP contribution >= 0.6 is 0 Å². The van der Waals surface area contributed by atoms with Crippen molar-refractivity contribution in [1.82, 2.24) is 10.2 Å². The van der Waals surface area contributed by atoms with E-state index in [1.165, 1.54) is 11.1 Å². The minimum atomic E-state index is -0.138. The van der Waals surface area contributed by atoms with Gasteiger partial charge in [0, 0.05) is 19.1 Å². The van der Waals surface area contributed by atoms with E-state index >= 15 is 0 Å². The molecule has 2 amide bonds. The number of rotatable bonds is 7. The first-order valence-corrected chi connectivity index (χ1v) is 10.8. The Morgan fingerprint density at radius 2 is 1.35 bits per heavy atom. The molecule has 1 aliphatic heterocycles. The summed E-state index contributed by atoms with van der Waals surface area (Å²) in [5.74, 6) is 1.24. The van der Waals surface area contributed by atoms with E-state index in [1.807, 2.05) is 64.1 Å². The van der Waals surface area contributed by atoms with Gasteiger partial charge < -0.3 is 19.7 Å². The monoisotopic (exact) mass is 424 g/mol. The Morgan fingerprint density at radius 3 is 1.87 bits per heavy atom. The molecule has 0 bridgehead atoms. The molecule has 2 aromatic carbocycles. The van der Waals surface area contributed by atoms with Crippen LogP contribution < -0.4 is 14.8 Å². The molecule has 1 N–H and O–H groups in total. The summed E-state index contributed by atoms with van der Waals surface area (Å²) in [7, 11) is 0. The number of nitrogens with zero attached hydrogens (tertiary/aromatic N) is 1. The molecule has 6 nitrogen and oxygen atoms in total. The molecule has 0 radical (unpaired) electrons. The molecule has 1 saturated heterocycles. The zero-order valence-corrected chi connectivity index (χ0v) is 18.9. The predicted molar refractivity (Wildman–Crippen MR) is 121 cm³/mol. The smallest absolute Gasteiger partial charge is 0.260 e. The number of hydrogen-bond donors (Lipinski definition) is 1. The minimum Gasteiger partial charge on any atom is -0.484 e. The number of carbonyl (C=O) groups is 2. The molecule has 0 spiro atoms. The number of piperidine rings is 1. The van der Waals surface area contributed by atoms with Crippen molar-refractivity contribution in [3.8, 4) is 11.5 Å². The van der Waals surface area contributed by atoms with Gasteiger partial charge in [-0.15, -0.1) is 0 Å². The molecule has 0 aromatic heterocycles. The third-order valence-corrected chi connectivity index (χ3v) is 5.90. The molecule has 0 aliphatic carbocycles. The molecule has 3 rings (SSSR count). The molecule has 2 aromatic rings. The SMILES string of the molecule is Cc1ccc(OCC(=O)NC2CCN(C(=O)COc3ccc(C)c(C)c3)CC2)cc1C. The van der Waals surface area contributed by atoms with Crippen molar-refractivity contribution >= 4 is 11.8 Å². The summed E-state index contributed by atoms with van der Waals surface area (Å²) >= 11 is 0. The molecule has 31 heavy (non-hydrogen) atoms. The third-order valence-electron chi connectivity index (χ3n) is 5.90. The molecule has 0 unspecified atom stereocenters. The Hall–Kier alpha value is -3.02. The standard InChI is InChI=1S/C25H32N2O4/c1-17-5-7-22(13-19(17)3)30-15-24(28)26-21-9-11-27(12-10-21)25(29)16-31-23-8-6-18(2)20(4)14-23/h5-8,13-14,21H,9-12,15-16H2,1-4H3,(H,26,28). The average Bonchev–Trinajstić information content (AvgIpc) is 2.75. The lowest BCUT2D eigenvalue weighted by Crippen LogP contribution is -2.48. The van der Waals surface area contributed by atoms with Crippen molar-refractivity contribution < 1.29 is 19.1 Å². The van der Waals surface area contributed by atoms with E-state index in [2.05, 4.69) is 5.32 Å². The molecule has 0 saturated carbocycles. The van der Waals surface area contributed by atoms with Gasteiger partial charge in [0.25, 0.3) is 11.8 Å². The molecule has 0 atom stereocenters. The Bertz CT molecular complexity index is 933. The summed E-state index contributed by atoms with van der Waals surface area (Å²) < 4.78 is 11.3. The molecule has 6 heteroatoms. The van der Waals surface area contributed by atoms with Crippen LogP contribution in [0.4, 0.5) is 0 Å². The number of aryl methyl sites for hydroxylation is 4. The van der Waals surface area contributed by atoms with E-state index in [0.29, 0.717) is 24.6 Å². The number of ether oxygens (including phenoxy) is 2. The van der Waals surface area contributed by atoms with Crippen LogP contribution in [0, 0.1) is 27.7 Å². The zero-order chi connectivity index (χ0) is 22.4. The maximum atomic E-state index is 12.5. The first-order valence-electron chi connectivity index (χ1n) is 10.8. The second-order valence-corrected chi connectivity index (χ2v) is 8.29. The number of benzene rings is 2. The lowest BCUT2D eigenvalue weighted by Gasteiger charge is -2.32. The van der Waals surface area contributed by atoms with Gasteiger partial charge in [-0.05, 0) is 87.1 Å². The van der Waals surface area contributed by atoms with E-state index < -0.39 is 0 Å². The van der Waals surface area contributed by atoms with Gasteiger partial charge in [0.1, 0.15) is 11.5 Å². The van der Waals surface area contributed by atoms with Gasteiger partial charge >= 0.3 is 0 Å². The van der Waals surface area contributed by atoms with E-state index in [0.717, 1.165) is 24.0 Å². The second kappa shape index (κ2) is 10.3. The Balaban J connectivity index is 1.37. The van der Waals surface area contributed by atoms with Crippen molar-refractivity contribution in [2.45, 2.75) is 46.6 Å². The fourth-order valence-electron chi connectivity index (χ4n) is 3.54. The van der Waals surface area contributed by atoms with Gasteiger partial charge in [-0.1, -0.05) is 12.1 Å². The van der Waals surface area contributed by atoms with E-state index in [4.69, 9.17) is 9.47 Å². The normalized spacial score (nSPS) is 14.3. The molecule has 1 fully saturated rings. The Labute approximate surface area is 184 Å². The maximum absolute atomic E-state index is 12.5. The Morgan fingerprint density at radius 1 is 0.839 bits per heavy atom. The number of carbonyl (C=O) groups excluding carboxylic acids is 2. The van der Waals surface area contributed by atoms with Crippen molar-refractivity contribution in [1.29, 1.82) is 0 Å². The quantitative estimate of drug-likeness (QED) is 0.739. The van der Waals surface area contributed by atoms with E-state index in [1.54, 1.807) is 4.90 Å². The van der Waals surface area contributed by atoms with Gasteiger partial charge in [0.05, 0.1) is 0 Å². The number of likely N-dealkylation sites (tertiary alicyclic amines) is 1. The largest absolute Gasteiger partial charge is 0.484 e. The minimum absolute atomic E-state index is 0.00848. The highest BCUT2D eigenvalue weighted by Crippen LogP contribution is 2.18. The van der Waals surface area contributed by atoms with Crippen molar-refractivity contribution in [2.75, 3.05) is 26.3 Å². The average molecular weight is 425 g/mol. The lowest BCUT2D eigenvalue weighted by atomic mass is 10.1. The van der Waals surface area contributed by atoms with Crippen LogP contribution in [0.25, 0.3) is 0 Å². The van der Waals surface area contributed by atoms with Crippen LogP contribution in [0.15, 0.2) is 36.4 Å². The molecule has 166 valence electrons. The molecule has 1 heterocycles. The second-order valence-electron chi connectivity index (χ2n) is 8.29. The van der Waals surface area contributed by atoms with Crippen LogP contribution in [-0.4, -0.2) is 49.1 Å². The summed E-state index contributed by atoms with van der Waals surface area (Å²) in [6, 6.07) is 11.7. The zero-order valence-electron chi connectivity index (χ0n) is 18.9. The highest BCUT2D eigenvalue weighted by Gasteiger charge is 2.24. The maximum Gasteiger partial charge on any atom is 0.260 e. The Kier molecular flexibility index (Phi) is 7.55. The summed E-state index contributed by atoms with van der Waals surface area (Å²) in [5, 5.41) is 3.01. The summed E-state index contributed by atoms with van der Waals surface area (Å²) in [6.45, 7) is 9.37. The van der Waals surface area contributed by atoms with Crippen molar-refractivity contribution in [3.63, 3.8) is 0 Å². The molecular weight excluding hydrogens is 392 g/mol. The summed E-state index contributed by atoms with van der Waals surface area (Å²) in [4.78, 5) is 26.5. The third kappa shape index (κ3) is 6.48. The number of hydrogen-bond acceptors (Lipinski definition) is 4. The van der Waals surface area contributed by atoms with Crippen molar-refractivity contribution in [2.24, 2.45) is 0 Å². The van der Waals surface area contributed by atoms with Gasteiger partial charge in [-0.25, -0.2) is 0 Å². The van der Waals surface area contributed by atoms with Gasteiger partial charge in [-0.2, -0.15) is 0 Å². The number of amides is 2. The van der Waals surface area contributed by atoms with Crippen LogP contribution in [-0.2, 0) is 9.59 Å². The predicted octanol–water partition coefficient (Wildman–Crippen LogP) is 3.49. The van der Waals surface area contributed by atoms with E-state index in [9.17, 15) is 9.59 Å². The summed E-state index contributed by atoms with van der Waals surface area (Å²) in [5.41, 5.74) is 4.67. The van der Waals surface area contributed by atoms with Gasteiger partial charge in [0.2, 0.25) is 0 Å².